The van der Waals surface area contributed by atoms with Gasteiger partial charge in [-0.3, -0.25) is 10.00 Å². The molecule has 2 unspecified atom stereocenters. The SMILES string of the molecule is CC(C)Oc1c(-c2cn[nH]c2)ncc2nc(N[C@H]3CCN(C(C)S(=O)O)C[C@H]3C)nn12. The molecule has 0 aliphatic carbocycles. The van der Waals surface area contributed by atoms with E-state index in [0.717, 1.165) is 25.1 Å². The van der Waals surface area contributed by atoms with Crippen LogP contribution in [-0.4, -0.2) is 74.1 Å². The van der Waals surface area contributed by atoms with Crippen LogP contribution in [0.15, 0.2) is 18.6 Å². The van der Waals surface area contributed by atoms with Crippen LogP contribution >= 0.6 is 0 Å². The van der Waals surface area contributed by atoms with E-state index in [9.17, 15) is 8.76 Å². The number of likely N-dealkylation sites (tertiary alicyclic amines) is 1. The van der Waals surface area contributed by atoms with Crippen LogP contribution < -0.4 is 10.1 Å². The Balaban J connectivity index is 1.58. The summed E-state index contributed by atoms with van der Waals surface area (Å²) >= 11 is -1.86. The van der Waals surface area contributed by atoms with Crippen LogP contribution in [0.4, 0.5) is 5.95 Å². The summed E-state index contributed by atoms with van der Waals surface area (Å²) in [5.41, 5.74) is 2.03. The topological polar surface area (TPSA) is 134 Å². The fourth-order valence-electron chi connectivity index (χ4n) is 3.82. The van der Waals surface area contributed by atoms with Crippen LogP contribution in [0.3, 0.4) is 0 Å². The number of ether oxygens (including phenoxy) is 1. The molecule has 11 nitrogen and oxygen atoms in total. The molecular formula is C19H28N8O3S. The molecule has 12 heteroatoms. The van der Waals surface area contributed by atoms with Crippen molar-refractivity contribution in [3.8, 4) is 17.1 Å². The van der Waals surface area contributed by atoms with E-state index in [4.69, 9.17) is 4.74 Å². The molecule has 4 rings (SSSR count). The summed E-state index contributed by atoms with van der Waals surface area (Å²) in [6.07, 6.45) is 5.87. The van der Waals surface area contributed by atoms with E-state index >= 15 is 0 Å². The van der Waals surface area contributed by atoms with Gasteiger partial charge in [-0.05, 0) is 33.1 Å². The number of anilines is 1. The Morgan fingerprint density at radius 1 is 1.35 bits per heavy atom. The molecule has 0 spiro atoms. The third-order valence-corrected chi connectivity index (χ3v) is 6.39. The zero-order chi connectivity index (χ0) is 22.1. The van der Waals surface area contributed by atoms with Gasteiger partial charge in [0.05, 0.1) is 18.5 Å². The molecule has 3 N–H and O–H groups in total. The Labute approximate surface area is 182 Å². The average molecular weight is 449 g/mol. The molecule has 4 atom stereocenters. The minimum absolute atomic E-state index is 0.0675. The molecule has 1 fully saturated rings. The molecule has 3 aromatic heterocycles. The standard InChI is InChI=1S/C19H28N8O3S/c1-11(2)30-18-17(14-7-21-22-8-14)20-9-16-24-19(25-27(16)18)23-15-5-6-26(10-12(15)3)13(4)31(28)29/h7-9,11-13,15H,5-6,10H2,1-4H3,(H,21,22)(H,23,25)(H,28,29)/t12-,13?,15+/m1/s1. The first-order valence-corrected chi connectivity index (χ1v) is 11.5. The molecule has 0 saturated carbocycles. The molecule has 0 bridgehead atoms. The van der Waals surface area contributed by atoms with E-state index in [1.165, 1.54) is 0 Å². The molecule has 0 radical (unpaired) electrons. The zero-order valence-electron chi connectivity index (χ0n) is 18.0. The zero-order valence-corrected chi connectivity index (χ0v) is 18.8. The number of hydrogen-bond acceptors (Lipinski definition) is 8. The lowest BCUT2D eigenvalue weighted by Crippen LogP contribution is -2.49. The summed E-state index contributed by atoms with van der Waals surface area (Å²) in [6, 6.07) is 0.156. The van der Waals surface area contributed by atoms with Gasteiger partial charge in [-0.2, -0.15) is 14.6 Å². The molecule has 31 heavy (non-hydrogen) atoms. The number of fused-ring (bicyclic) bond motifs is 1. The van der Waals surface area contributed by atoms with E-state index in [-0.39, 0.29) is 23.4 Å². The quantitative estimate of drug-likeness (QED) is 0.464. The highest BCUT2D eigenvalue weighted by atomic mass is 32.2. The van der Waals surface area contributed by atoms with Crippen molar-refractivity contribution in [1.29, 1.82) is 0 Å². The lowest BCUT2D eigenvalue weighted by Gasteiger charge is -2.38. The molecule has 1 aliphatic heterocycles. The van der Waals surface area contributed by atoms with E-state index in [1.54, 1.807) is 30.0 Å². The van der Waals surface area contributed by atoms with E-state index in [2.05, 4.69) is 37.5 Å². The van der Waals surface area contributed by atoms with Crippen molar-refractivity contribution in [3.63, 3.8) is 0 Å². The predicted molar refractivity (Wildman–Crippen MR) is 117 cm³/mol. The maximum Gasteiger partial charge on any atom is 0.244 e. The Kier molecular flexibility index (Phi) is 6.21. The third-order valence-electron chi connectivity index (χ3n) is 5.51. The van der Waals surface area contributed by atoms with Crippen molar-refractivity contribution in [2.45, 2.75) is 51.6 Å². The van der Waals surface area contributed by atoms with Gasteiger partial charge >= 0.3 is 0 Å². The van der Waals surface area contributed by atoms with Gasteiger partial charge in [0, 0.05) is 30.9 Å². The molecule has 0 amide bonds. The number of rotatable bonds is 7. The van der Waals surface area contributed by atoms with Crippen LogP contribution in [0.5, 0.6) is 5.88 Å². The number of nitrogens with zero attached hydrogens (tertiary/aromatic N) is 6. The van der Waals surface area contributed by atoms with Crippen LogP contribution in [-0.2, 0) is 11.1 Å². The first-order valence-electron chi connectivity index (χ1n) is 10.3. The fourth-order valence-corrected chi connectivity index (χ4v) is 4.27. The molecule has 0 aromatic carbocycles. The predicted octanol–water partition coefficient (Wildman–Crippen LogP) is 1.99. The van der Waals surface area contributed by atoms with Gasteiger partial charge in [-0.1, -0.05) is 6.92 Å². The maximum absolute atomic E-state index is 11.4. The Hall–Kier alpha value is -2.57. The van der Waals surface area contributed by atoms with Crippen LogP contribution in [0.2, 0.25) is 0 Å². The van der Waals surface area contributed by atoms with E-state index < -0.39 is 11.1 Å². The second-order valence-electron chi connectivity index (χ2n) is 8.16. The Morgan fingerprint density at radius 2 is 2.16 bits per heavy atom. The highest BCUT2D eigenvalue weighted by molar-refractivity contribution is 7.79. The van der Waals surface area contributed by atoms with Crippen molar-refractivity contribution < 1.29 is 13.5 Å². The number of aromatic nitrogens is 6. The number of aromatic amines is 1. The Bertz CT molecular complexity index is 1050. The summed E-state index contributed by atoms with van der Waals surface area (Å²) in [7, 11) is 0. The Morgan fingerprint density at radius 3 is 2.81 bits per heavy atom. The summed E-state index contributed by atoms with van der Waals surface area (Å²) in [4.78, 5) is 11.2. The van der Waals surface area contributed by atoms with Crippen molar-refractivity contribution >= 4 is 22.7 Å². The van der Waals surface area contributed by atoms with Gasteiger partial charge in [0.1, 0.15) is 11.1 Å². The smallest absolute Gasteiger partial charge is 0.244 e. The van der Waals surface area contributed by atoms with Gasteiger partial charge < -0.3 is 14.6 Å². The number of hydrogen-bond donors (Lipinski definition) is 3. The molecule has 3 aromatic rings. The molecule has 1 saturated heterocycles. The summed E-state index contributed by atoms with van der Waals surface area (Å²) in [5.74, 6) is 1.28. The number of nitrogens with one attached hydrogen (secondary N) is 2. The normalized spacial score (nSPS) is 22.0. The van der Waals surface area contributed by atoms with Gasteiger partial charge in [-0.15, -0.1) is 5.10 Å². The van der Waals surface area contributed by atoms with Gasteiger partial charge in [-0.25, -0.2) is 9.19 Å². The second-order valence-corrected chi connectivity index (χ2v) is 9.39. The van der Waals surface area contributed by atoms with Crippen molar-refractivity contribution in [1.82, 2.24) is 34.7 Å². The van der Waals surface area contributed by atoms with Crippen molar-refractivity contribution in [3.05, 3.63) is 18.6 Å². The highest BCUT2D eigenvalue weighted by Crippen LogP contribution is 2.29. The minimum atomic E-state index is -1.86. The molecule has 4 heterocycles. The first kappa shape index (κ1) is 21.7. The minimum Gasteiger partial charge on any atom is -0.473 e. The molecular weight excluding hydrogens is 420 g/mol. The third kappa shape index (κ3) is 4.55. The maximum atomic E-state index is 11.4. The monoisotopic (exact) mass is 448 g/mol. The molecule has 168 valence electrons. The van der Waals surface area contributed by atoms with Crippen molar-refractivity contribution in [2.75, 3.05) is 18.4 Å². The summed E-state index contributed by atoms with van der Waals surface area (Å²) in [5, 5.41) is 14.5. The van der Waals surface area contributed by atoms with Gasteiger partial charge in [0.2, 0.25) is 11.8 Å². The fraction of sp³-hybridized carbons (Fsp3) is 0.579. The molecule has 1 aliphatic rings. The van der Waals surface area contributed by atoms with Gasteiger partial charge in [0.15, 0.2) is 16.7 Å². The first-order chi connectivity index (χ1) is 14.8. The lowest BCUT2D eigenvalue weighted by atomic mass is 9.94. The average Bonchev–Trinajstić information content (AvgIpc) is 3.38. The van der Waals surface area contributed by atoms with Crippen molar-refractivity contribution in [2.24, 2.45) is 5.92 Å². The number of H-pyrrole nitrogens is 1. The van der Waals surface area contributed by atoms with Crippen LogP contribution in [0, 0.1) is 5.92 Å². The lowest BCUT2D eigenvalue weighted by molar-refractivity contribution is 0.160. The van der Waals surface area contributed by atoms with Crippen LogP contribution in [0.25, 0.3) is 16.9 Å². The van der Waals surface area contributed by atoms with E-state index in [0.29, 0.717) is 23.2 Å². The number of piperidine rings is 1. The van der Waals surface area contributed by atoms with Gasteiger partial charge in [0.25, 0.3) is 0 Å². The summed E-state index contributed by atoms with van der Waals surface area (Å²) in [6.45, 7) is 9.26. The highest BCUT2D eigenvalue weighted by Gasteiger charge is 2.31. The van der Waals surface area contributed by atoms with E-state index in [1.807, 2.05) is 18.7 Å². The van der Waals surface area contributed by atoms with Crippen LogP contribution in [0.1, 0.15) is 34.1 Å². The largest absolute Gasteiger partial charge is 0.473 e. The second kappa shape index (κ2) is 8.89. The summed E-state index contributed by atoms with van der Waals surface area (Å²) < 4.78 is 28.5.